The molecule has 2 aromatic rings. The predicted octanol–water partition coefficient (Wildman–Crippen LogP) is 3.23. The molecule has 0 atom stereocenters. The molecule has 3 rings (SSSR count). The Bertz CT molecular complexity index is 769. The van der Waals surface area contributed by atoms with Crippen molar-refractivity contribution in [2.45, 2.75) is 33.2 Å². The van der Waals surface area contributed by atoms with Gasteiger partial charge in [-0.2, -0.15) is 5.10 Å². The van der Waals surface area contributed by atoms with Gasteiger partial charge in [-0.3, -0.25) is 4.79 Å². The van der Waals surface area contributed by atoms with Gasteiger partial charge in [0.15, 0.2) is 5.96 Å². The summed E-state index contributed by atoms with van der Waals surface area (Å²) in [4.78, 5) is 19.0. The first-order chi connectivity index (χ1) is 13.7. The number of carbonyl (C=O) groups is 1. The number of likely N-dealkylation sites (tertiary alicyclic amines) is 1. The van der Waals surface area contributed by atoms with Crippen LogP contribution in [0.15, 0.2) is 47.7 Å². The van der Waals surface area contributed by atoms with Gasteiger partial charge in [0.2, 0.25) is 0 Å². The highest BCUT2D eigenvalue weighted by molar-refractivity contribution is 14.0. The topological polar surface area (TPSA) is 71.8 Å². The molecule has 0 saturated carbocycles. The Hall–Kier alpha value is -2.10. The lowest BCUT2D eigenvalue weighted by atomic mass is 9.97. The lowest BCUT2D eigenvalue weighted by Crippen LogP contribution is -2.46. The number of rotatable bonds is 6. The lowest BCUT2D eigenvalue weighted by molar-refractivity contribution is -0.149. The standard InChI is InChI=1S/C21H29N5O2.HI/c1-3-22-21(25-14-10-18(11-15-25)20(27)28-4-2)23-16-17-6-8-19(9-7-17)26-13-5-12-24-26;/h5-9,12-13,18H,3-4,10-11,14-16H2,1-2H3,(H,22,23);1H. The fourth-order valence-corrected chi connectivity index (χ4v) is 3.35. The predicted molar refractivity (Wildman–Crippen MR) is 125 cm³/mol. The number of hydrogen-bond acceptors (Lipinski definition) is 4. The number of esters is 1. The van der Waals surface area contributed by atoms with Gasteiger partial charge in [-0.05, 0) is 50.5 Å². The maximum Gasteiger partial charge on any atom is 0.309 e. The van der Waals surface area contributed by atoms with E-state index in [0.717, 1.165) is 49.7 Å². The van der Waals surface area contributed by atoms with Crippen molar-refractivity contribution < 1.29 is 9.53 Å². The third-order valence-electron chi connectivity index (χ3n) is 4.87. The van der Waals surface area contributed by atoms with Gasteiger partial charge in [0, 0.05) is 32.0 Å². The van der Waals surface area contributed by atoms with E-state index in [2.05, 4.69) is 46.5 Å². The molecule has 1 aromatic carbocycles. The van der Waals surface area contributed by atoms with Gasteiger partial charge < -0.3 is 15.0 Å². The zero-order chi connectivity index (χ0) is 19.8. The maximum absolute atomic E-state index is 11.9. The van der Waals surface area contributed by atoms with Crippen molar-refractivity contribution in [1.82, 2.24) is 20.0 Å². The van der Waals surface area contributed by atoms with Crippen LogP contribution in [-0.4, -0.2) is 52.9 Å². The second-order valence-corrected chi connectivity index (χ2v) is 6.80. The molecule has 0 bridgehead atoms. The third kappa shape index (κ3) is 6.45. The molecule has 7 nitrogen and oxygen atoms in total. The second-order valence-electron chi connectivity index (χ2n) is 6.80. The smallest absolute Gasteiger partial charge is 0.309 e. The van der Waals surface area contributed by atoms with Crippen molar-refractivity contribution >= 4 is 35.9 Å². The molecule has 1 aliphatic heterocycles. The van der Waals surface area contributed by atoms with Gasteiger partial charge in [0.05, 0.1) is 24.8 Å². The van der Waals surface area contributed by atoms with Crippen LogP contribution in [-0.2, 0) is 16.1 Å². The van der Waals surface area contributed by atoms with E-state index in [4.69, 9.17) is 9.73 Å². The Morgan fingerprint density at radius 1 is 1.24 bits per heavy atom. The SMILES string of the molecule is CCNC(=NCc1ccc(-n2cccn2)cc1)N1CCC(C(=O)OCC)CC1.I. The summed E-state index contributed by atoms with van der Waals surface area (Å²) in [7, 11) is 0. The second kappa shape index (κ2) is 11.8. The van der Waals surface area contributed by atoms with Gasteiger partial charge >= 0.3 is 5.97 Å². The van der Waals surface area contributed by atoms with E-state index in [1.165, 1.54) is 0 Å². The van der Waals surface area contributed by atoms with Crippen molar-refractivity contribution in [3.05, 3.63) is 48.3 Å². The number of guanidine groups is 1. The monoisotopic (exact) mass is 511 g/mol. The number of nitrogens with one attached hydrogen (secondary N) is 1. The minimum absolute atomic E-state index is 0. The molecule has 1 aliphatic rings. The van der Waals surface area contributed by atoms with Gasteiger partial charge in [0.1, 0.15) is 0 Å². The quantitative estimate of drug-likeness (QED) is 0.279. The van der Waals surface area contributed by atoms with Crippen LogP contribution in [0.2, 0.25) is 0 Å². The number of ether oxygens (including phenoxy) is 1. The molecule has 29 heavy (non-hydrogen) atoms. The molecule has 0 unspecified atom stereocenters. The number of benzene rings is 1. The summed E-state index contributed by atoms with van der Waals surface area (Å²) >= 11 is 0. The van der Waals surface area contributed by atoms with Gasteiger partial charge in [-0.15, -0.1) is 24.0 Å². The van der Waals surface area contributed by atoms with Crippen molar-refractivity contribution in [2.75, 3.05) is 26.2 Å². The van der Waals surface area contributed by atoms with Crippen molar-refractivity contribution in [2.24, 2.45) is 10.9 Å². The van der Waals surface area contributed by atoms with Crippen LogP contribution in [0.4, 0.5) is 0 Å². The molecule has 8 heteroatoms. The van der Waals surface area contributed by atoms with Crippen LogP contribution in [0.1, 0.15) is 32.3 Å². The summed E-state index contributed by atoms with van der Waals surface area (Å²) in [5.41, 5.74) is 2.18. The van der Waals surface area contributed by atoms with E-state index >= 15 is 0 Å². The minimum atomic E-state index is -0.0682. The molecule has 2 heterocycles. The summed E-state index contributed by atoms with van der Waals surface area (Å²) in [6.45, 7) is 7.42. The first-order valence-electron chi connectivity index (χ1n) is 10.00. The van der Waals surface area contributed by atoms with E-state index in [-0.39, 0.29) is 35.9 Å². The first-order valence-corrected chi connectivity index (χ1v) is 10.00. The Kier molecular flexibility index (Phi) is 9.43. The third-order valence-corrected chi connectivity index (χ3v) is 4.87. The average molecular weight is 511 g/mol. The number of nitrogens with zero attached hydrogens (tertiary/aromatic N) is 4. The molecule has 1 saturated heterocycles. The Morgan fingerprint density at radius 3 is 2.55 bits per heavy atom. The highest BCUT2D eigenvalue weighted by Crippen LogP contribution is 2.19. The zero-order valence-corrected chi connectivity index (χ0v) is 19.4. The number of aromatic nitrogens is 2. The number of halogens is 1. The molecule has 1 aromatic heterocycles. The average Bonchev–Trinajstić information content (AvgIpc) is 3.27. The van der Waals surface area contributed by atoms with Crippen LogP contribution < -0.4 is 5.32 Å². The number of hydrogen-bond donors (Lipinski definition) is 1. The number of carbonyl (C=O) groups excluding carboxylic acids is 1. The van der Waals surface area contributed by atoms with Crippen LogP contribution in [0.25, 0.3) is 5.69 Å². The fourth-order valence-electron chi connectivity index (χ4n) is 3.35. The number of piperidine rings is 1. The van der Waals surface area contributed by atoms with E-state index in [9.17, 15) is 4.79 Å². The molecule has 0 aliphatic carbocycles. The molecule has 0 amide bonds. The summed E-state index contributed by atoms with van der Waals surface area (Å²) < 4.78 is 6.99. The van der Waals surface area contributed by atoms with Gasteiger partial charge in [-0.1, -0.05) is 12.1 Å². The van der Waals surface area contributed by atoms with Crippen LogP contribution >= 0.6 is 24.0 Å². The molecule has 0 radical (unpaired) electrons. The normalized spacial score (nSPS) is 15.0. The Labute approximate surface area is 189 Å². The van der Waals surface area contributed by atoms with E-state index in [0.29, 0.717) is 13.2 Å². The Morgan fingerprint density at radius 2 is 1.97 bits per heavy atom. The Balaban J connectivity index is 0.00000300. The summed E-state index contributed by atoms with van der Waals surface area (Å²) in [6.07, 6.45) is 5.31. The maximum atomic E-state index is 11.9. The van der Waals surface area contributed by atoms with Gasteiger partial charge in [-0.25, -0.2) is 9.67 Å². The molecular formula is C21H30IN5O2. The zero-order valence-electron chi connectivity index (χ0n) is 17.1. The molecule has 1 fully saturated rings. The van der Waals surface area contributed by atoms with Crippen molar-refractivity contribution in [3.63, 3.8) is 0 Å². The molecule has 158 valence electrons. The van der Waals surface area contributed by atoms with Crippen molar-refractivity contribution in [1.29, 1.82) is 0 Å². The van der Waals surface area contributed by atoms with E-state index in [1.807, 2.05) is 23.9 Å². The van der Waals surface area contributed by atoms with E-state index in [1.54, 1.807) is 6.20 Å². The highest BCUT2D eigenvalue weighted by Gasteiger charge is 2.27. The first kappa shape index (κ1) is 23.2. The minimum Gasteiger partial charge on any atom is -0.466 e. The number of aliphatic imine (C=N–C) groups is 1. The van der Waals surface area contributed by atoms with Crippen LogP contribution in [0.5, 0.6) is 0 Å². The fraction of sp³-hybridized carbons (Fsp3) is 0.476. The van der Waals surface area contributed by atoms with Crippen molar-refractivity contribution in [3.8, 4) is 5.69 Å². The summed E-state index contributed by atoms with van der Waals surface area (Å²) in [5.74, 6) is 0.844. The van der Waals surface area contributed by atoms with Crippen LogP contribution in [0, 0.1) is 5.92 Å². The lowest BCUT2D eigenvalue weighted by Gasteiger charge is -2.33. The van der Waals surface area contributed by atoms with Gasteiger partial charge in [0.25, 0.3) is 0 Å². The molecule has 0 spiro atoms. The van der Waals surface area contributed by atoms with Crippen LogP contribution in [0.3, 0.4) is 0 Å². The summed E-state index contributed by atoms with van der Waals surface area (Å²) in [5, 5.41) is 7.62. The molecule has 1 N–H and O–H groups in total. The molecular weight excluding hydrogens is 481 g/mol. The van der Waals surface area contributed by atoms with E-state index < -0.39 is 0 Å². The summed E-state index contributed by atoms with van der Waals surface area (Å²) in [6, 6.07) is 10.2. The largest absolute Gasteiger partial charge is 0.466 e. The highest BCUT2D eigenvalue weighted by atomic mass is 127.